The Morgan fingerprint density at radius 1 is 1.29 bits per heavy atom. The van der Waals surface area contributed by atoms with Crippen molar-refractivity contribution < 1.29 is 23.9 Å². The standard InChI is InChI=1S/C20H25N3O5/c1-13(2)28-18(25)12-17-19(26)21-9-10-23(17)20(27)16(22-14(3)24)11-15-7-5-4-6-8-15/h4-8,11,13,17H,9-10,12H2,1-3H3,(H,21,26)(H,22,24). The van der Waals surface area contributed by atoms with E-state index in [9.17, 15) is 19.2 Å². The van der Waals surface area contributed by atoms with Crippen LogP contribution in [-0.2, 0) is 23.9 Å². The molecule has 28 heavy (non-hydrogen) atoms. The van der Waals surface area contributed by atoms with Crippen LogP contribution in [0.1, 0.15) is 32.8 Å². The number of hydrogen-bond acceptors (Lipinski definition) is 5. The fourth-order valence-electron chi connectivity index (χ4n) is 2.84. The van der Waals surface area contributed by atoms with E-state index in [1.54, 1.807) is 44.2 Å². The Kier molecular flexibility index (Phi) is 7.31. The number of esters is 1. The highest BCUT2D eigenvalue weighted by atomic mass is 16.5. The number of ether oxygens (including phenoxy) is 1. The molecule has 1 aliphatic heterocycles. The minimum Gasteiger partial charge on any atom is -0.463 e. The second-order valence-electron chi connectivity index (χ2n) is 6.70. The highest BCUT2D eigenvalue weighted by molar-refractivity contribution is 6.03. The Morgan fingerprint density at radius 2 is 1.96 bits per heavy atom. The summed E-state index contributed by atoms with van der Waals surface area (Å²) in [7, 11) is 0. The predicted octanol–water partition coefficient (Wildman–Crippen LogP) is 0.832. The third-order valence-electron chi connectivity index (χ3n) is 3.97. The van der Waals surface area contributed by atoms with Crippen molar-refractivity contribution in [3.8, 4) is 0 Å². The summed E-state index contributed by atoms with van der Waals surface area (Å²) in [5.74, 6) is -1.94. The molecule has 1 aromatic rings. The van der Waals surface area contributed by atoms with E-state index in [2.05, 4.69) is 10.6 Å². The minimum absolute atomic E-state index is 0.0376. The van der Waals surface area contributed by atoms with Crippen LogP contribution in [0.3, 0.4) is 0 Å². The molecule has 150 valence electrons. The van der Waals surface area contributed by atoms with Gasteiger partial charge in [0.2, 0.25) is 11.8 Å². The maximum absolute atomic E-state index is 13.1. The molecule has 0 spiro atoms. The summed E-state index contributed by atoms with van der Waals surface area (Å²) in [5.41, 5.74) is 0.757. The molecule has 2 rings (SSSR count). The van der Waals surface area contributed by atoms with Crippen LogP contribution in [0.2, 0.25) is 0 Å². The van der Waals surface area contributed by atoms with E-state index < -0.39 is 29.7 Å². The molecular formula is C20H25N3O5. The van der Waals surface area contributed by atoms with Gasteiger partial charge in [-0.05, 0) is 25.5 Å². The zero-order valence-corrected chi connectivity index (χ0v) is 16.2. The molecule has 1 atom stereocenters. The molecule has 1 aliphatic rings. The van der Waals surface area contributed by atoms with Gasteiger partial charge in [0.05, 0.1) is 12.5 Å². The van der Waals surface area contributed by atoms with Crippen molar-refractivity contribution >= 4 is 29.8 Å². The summed E-state index contributed by atoms with van der Waals surface area (Å²) < 4.78 is 5.11. The molecular weight excluding hydrogens is 362 g/mol. The first kappa shape index (κ1) is 21.1. The van der Waals surface area contributed by atoms with Crippen molar-refractivity contribution in [1.82, 2.24) is 15.5 Å². The fraction of sp³-hybridized carbons (Fsp3) is 0.400. The van der Waals surface area contributed by atoms with Crippen molar-refractivity contribution in [3.63, 3.8) is 0 Å². The van der Waals surface area contributed by atoms with Gasteiger partial charge in [-0.25, -0.2) is 0 Å². The van der Waals surface area contributed by atoms with Gasteiger partial charge in [0, 0.05) is 20.0 Å². The number of nitrogens with one attached hydrogen (secondary N) is 2. The summed E-state index contributed by atoms with van der Waals surface area (Å²) in [4.78, 5) is 50.4. The lowest BCUT2D eigenvalue weighted by atomic mass is 10.1. The van der Waals surface area contributed by atoms with E-state index in [4.69, 9.17) is 4.74 Å². The number of benzene rings is 1. The quantitative estimate of drug-likeness (QED) is 0.556. The third kappa shape index (κ3) is 5.94. The highest BCUT2D eigenvalue weighted by Crippen LogP contribution is 2.15. The van der Waals surface area contributed by atoms with Crippen LogP contribution < -0.4 is 10.6 Å². The van der Waals surface area contributed by atoms with Crippen molar-refractivity contribution in [3.05, 3.63) is 41.6 Å². The lowest BCUT2D eigenvalue weighted by Crippen LogP contribution is -2.59. The largest absolute Gasteiger partial charge is 0.463 e. The summed E-state index contributed by atoms with van der Waals surface area (Å²) in [6.07, 6.45) is 0.963. The summed E-state index contributed by atoms with van der Waals surface area (Å²) >= 11 is 0. The van der Waals surface area contributed by atoms with E-state index in [0.29, 0.717) is 0 Å². The van der Waals surface area contributed by atoms with Crippen LogP contribution in [0.25, 0.3) is 6.08 Å². The van der Waals surface area contributed by atoms with Crippen molar-refractivity contribution in [2.45, 2.75) is 39.3 Å². The van der Waals surface area contributed by atoms with Crippen LogP contribution in [0.5, 0.6) is 0 Å². The molecule has 0 aromatic heterocycles. The number of carbonyl (C=O) groups excluding carboxylic acids is 4. The fourth-order valence-corrected chi connectivity index (χ4v) is 2.84. The Morgan fingerprint density at radius 3 is 2.57 bits per heavy atom. The van der Waals surface area contributed by atoms with Crippen molar-refractivity contribution in [2.75, 3.05) is 13.1 Å². The number of nitrogens with zero attached hydrogens (tertiary/aromatic N) is 1. The average molecular weight is 387 g/mol. The third-order valence-corrected chi connectivity index (χ3v) is 3.97. The van der Waals surface area contributed by atoms with Gasteiger partial charge in [0.1, 0.15) is 11.7 Å². The SMILES string of the molecule is CC(=O)NC(=Cc1ccccc1)C(=O)N1CCNC(=O)C1CC(=O)OC(C)C. The monoisotopic (exact) mass is 387 g/mol. The molecule has 1 heterocycles. The lowest BCUT2D eigenvalue weighted by molar-refractivity contribution is -0.153. The molecule has 1 saturated heterocycles. The molecule has 1 aromatic carbocycles. The zero-order chi connectivity index (χ0) is 20.7. The first-order valence-corrected chi connectivity index (χ1v) is 9.10. The van der Waals surface area contributed by atoms with E-state index in [1.807, 2.05) is 6.07 Å². The number of hydrogen-bond donors (Lipinski definition) is 2. The van der Waals surface area contributed by atoms with Gasteiger partial charge in [-0.1, -0.05) is 30.3 Å². The van der Waals surface area contributed by atoms with Crippen LogP contribution in [0.15, 0.2) is 36.0 Å². The van der Waals surface area contributed by atoms with E-state index >= 15 is 0 Å². The Labute approximate surface area is 163 Å². The average Bonchev–Trinajstić information content (AvgIpc) is 2.62. The first-order chi connectivity index (χ1) is 13.3. The Hall–Kier alpha value is -3.16. The van der Waals surface area contributed by atoms with E-state index in [0.717, 1.165) is 5.56 Å². The van der Waals surface area contributed by atoms with Gasteiger partial charge >= 0.3 is 5.97 Å². The molecule has 1 fully saturated rings. The highest BCUT2D eigenvalue weighted by Gasteiger charge is 2.36. The van der Waals surface area contributed by atoms with Crippen molar-refractivity contribution in [2.24, 2.45) is 0 Å². The summed E-state index contributed by atoms with van der Waals surface area (Å²) in [5, 5.41) is 5.19. The molecule has 3 amide bonds. The van der Waals surface area contributed by atoms with Crippen LogP contribution >= 0.6 is 0 Å². The molecule has 2 N–H and O–H groups in total. The van der Waals surface area contributed by atoms with Crippen LogP contribution in [0, 0.1) is 0 Å². The van der Waals surface area contributed by atoms with Gasteiger partial charge in [-0.2, -0.15) is 0 Å². The van der Waals surface area contributed by atoms with Gasteiger partial charge in [0.25, 0.3) is 5.91 Å². The molecule has 0 bridgehead atoms. The van der Waals surface area contributed by atoms with E-state index in [-0.39, 0.29) is 31.3 Å². The van der Waals surface area contributed by atoms with Gasteiger partial charge in [-0.15, -0.1) is 0 Å². The maximum atomic E-state index is 13.1. The molecule has 8 heteroatoms. The maximum Gasteiger partial charge on any atom is 0.308 e. The van der Waals surface area contributed by atoms with Gasteiger partial charge in [-0.3, -0.25) is 19.2 Å². The van der Waals surface area contributed by atoms with Crippen LogP contribution in [0.4, 0.5) is 0 Å². The number of rotatable bonds is 6. The molecule has 0 saturated carbocycles. The zero-order valence-electron chi connectivity index (χ0n) is 16.2. The molecule has 1 unspecified atom stereocenters. The van der Waals surface area contributed by atoms with E-state index in [1.165, 1.54) is 11.8 Å². The number of piperazine rings is 1. The van der Waals surface area contributed by atoms with Crippen molar-refractivity contribution in [1.29, 1.82) is 0 Å². The summed E-state index contributed by atoms with van der Waals surface area (Å²) in [6.45, 7) is 5.19. The first-order valence-electron chi connectivity index (χ1n) is 9.10. The second kappa shape index (κ2) is 9.68. The molecule has 0 aliphatic carbocycles. The topological polar surface area (TPSA) is 105 Å². The lowest BCUT2D eigenvalue weighted by Gasteiger charge is -2.35. The Bertz CT molecular complexity index is 773. The smallest absolute Gasteiger partial charge is 0.308 e. The van der Waals surface area contributed by atoms with Gasteiger partial charge in [0.15, 0.2) is 0 Å². The normalized spacial score (nSPS) is 17.1. The molecule has 0 radical (unpaired) electrons. The van der Waals surface area contributed by atoms with Crippen LogP contribution in [-0.4, -0.2) is 53.8 Å². The number of amides is 3. The van der Waals surface area contributed by atoms with Gasteiger partial charge < -0.3 is 20.3 Å². The molecule has 8 nitrogen and oxygen atoms in total. The Balaban J connectivity index is 2.28. The minimum atomic E-state index is -1.000. The number of carbonyl (C=O) groups is 4. The second-order valence-corrected chi connectivity index (χ2v) is 6.70. The summed E-state index contributed by atoms with van der Waals surface area (Å²) in [6, 6.07) is 8.02. The predicted molar refractivity (Wildman–Crippen MR) is 103 cm³/mol.